The van der Waals surface area contributed by atoms with E-state index in [-0.39, 0.29) is 0 Å². The molecule has 0 bridgehead atoms. The minimum Gasteiger partial charge on any atom is -0.302 e. The molecule has 2 fully saturated rings. The molecular weight excluding hydrogens is 292 g/mol. The van der Waals surface area contributed by atoms with Crippen LogP contribution in [0.25, 0.3) is 0 Å². The maximum absolute atomic E-state index is 8.90. The summed E-state index contributed by atoms with van der Waals surface area (Å²) in [7, 11) is 2.28. The van der Waals surface area contributed by atoms with Gasteiger partial charge in [0.15, 0.2) is 0 Å². The fourth-order valence-electron chi connectivity index (χ4n) is 3.55. The van der Waals surface area contributed by atoms with Crippen molar-refractivity contribution in [3.8, 4) is 6.07 Å². The minimum absolute atomic E-state index is 0.760. The van der Waals surface area contributed by atoms with Gasteiger partial charge in [-0.25, -0.2) is 0 Å². The molecule has 120 valence electrons. The summed E-state index contributed by atoms with van der Waals surface area (Å²) in [5.41, 5.74) is 0.805. The van der Waals surface area contributed by atoms with E-state index in [1.165, 1.54) is 50.3 Å². The third kappa shape index (κ3) is 4.08. The number of piperidine rings is 1. The topological polar surface area (TPSA) is 33.5 Å². The van der Waals surface area contributed by atoms with Crippen LogP contribution in [0, 0.1) is 11.3 Å². The number of likely N-dealkylation sites (N-methyl/N-ethyl adjacent to an activating group) is 1. The average molecular weight is 318 g/mol. The largest absolute Gasteiger partial charge is 0.302 e. The molecule has 1 aromatic rings. The van der Waals surface area contributed by atoms with Crippen LogP contribution in [0.4, 0.5) is 0 Å². The fraction of sp³-hybridized carbons (Fsp3) is 0.706. The molecule has 1 aromatic heterocycles. The summed E-state index contributed by atoms with van der Waals surface area (Å²) in [5, 5.41) is 10.9. The lowest BCUT2D eigenvalue weighted by atomic mass is 10.0. The van der Waals surface area contributed by atoms with Crippen LogP contribution in [0.5, 0.6) is 0 Å². The van der Waals surface area contributed by atoms with Gasteiger partial charge in [0.1, 0.15) is 6.07 Å². The Kier molecular flexibility index (Phi) is 5.48. The van der Waals surface area contributed by atoms with Crippen LogP contribution in [-0.4, -0.2) is 67.1 Å². The summed E-state index contributed by atoms with van der Waals surface area (Å²) in [5.74, 6) is 0. The van der Waals surface area contributed by atoms with Gasteiger partial charge in [-0.1, -0.05) is 6.42 Å². The molecule has 5 heteroatoms. The molecule has 22 heavy (non-hydrogen) atoms. The smallest absolute Gasteiger partial charge is 0.100 e. The van der Waals surface area contributed by atoms with Crippen molar-refractivity contribution in [2.24, 2.45) is 0 Å². The fourth-order valence-corrected chi connectivity index (χ4v) is 4.40. The number of likely N-dealkylation sites (tertiary alicyclic amines) is 1. The Labute approximate surface area is 137 Å². The number of nitriles is 1. The quantitative estimate of drug-likeness (QED) is 0.852. The summed E-state index contributed by atoms with van der Waals surface area (Å²) in [4.78, 5) is 9.02. The van der Waals surface area contributed by atoms with E-state index in [2.05, 4.69) is 27.8 Å². The maximum atomic E-state index is 8.90. The minimum atomic E-state index is 0.760. The lowest BCUT2D eigenvalue weighted by molar-refractivity contribution is 0.0822. The van der Waals surface area contributed by atoms with Crippen LogP contribution in [0.2, 0.25) is 0 Å². The lowest BCUT2D eigenvalue weighted by Gasteiger charge is -2.40. The molecule has 1 atom stereocenters. The molecule has 0 aromatic carbocycles. The van der Waals surface area contributed by atoms with Gasteiger partial charge in [-0.15, -0.1) is 11.3 Å². The van der Waals surface area contributed by atoms with E-state index in [1.807, 2.05) is 11.4 Å². The van der Waals surface area contributed by atoms with Gasteiger partial charge in [0.2, 0.25) is 0 Å². The number of thiophene rings is 1. The van der Waals surface area contributed by atoms with Crippen molar-refractivity contribution in [1.82, 2.24) is 14.7 Å². The zero-order valence-corrected chi connectivity index (χ0v) is 14.3. The molecule has 0 radical (unpaired) electrons. The number of hydrogen-bond acceptors (Lipinski definition) is 5. The van der Waals surface area contributed by atoms with Gasteiger partial charge in [-0.2, -0.15) is 5.26 Å². The predicted octanol–water partition coefficient (Wildman–Crippen LogP) is 2.22. The van der Waals surface area contributed by atoms with Crippen molar-refractivity contribution in [2.45, 2.75) is 31.8 Å². The Morgan fingerprint density at radius 1 is 1.18 bits per heavy atom. The molecule has 0 unspecified atom stereocenters. The second kappa shape index (κ2) is 7.56. The Hall–Kier alpha value is -0.930. The number of rotatable bonds is 4. The molecule has 2 aliphatic heterocycles. The molecule has 2 saturated heterocycles. The Balaban J connectivity index is 1.43. The molecule has 0 spiro atoms. The molecular formula is C17H26N4S. The van der Waals surface area contributed by atoms with Crippen molar-refractivity contribution >= 4 is 11.3 Å². The predicted molar refractivity (Wildman–Crippen MR) is 91.0 cm³/mol. The third-order valence-corrected chi connectivity index (χ3v) is 5.94. The summed E-state index contributed by atoms with van der Waals surface area (Å²) >= 11 is 1.71. The van der Waals surface area contributed by atoms with Crippen molar-refractivity contribution < 1.29 is 0 Å². The highest BCUT2D eigenvalue weighted by Gasteiger charge is 2.24. The Morgan fingerprint density at radius 2 is 1.95 bits per heavy atom. The van der Waals surface area contributed by atoms with Crippen LogP contribution < -0.4 is 0 Å². The zero-order valence-electron chi connectivity index (χ0n) is 13.5. The molecule has 4 nitrogen and oxygen atoms in total. The van der Waals surface area contributed by atoms with Gasteiger partial charge < -0.3 is 4.90 Å². The van der Waals surface area contributed by atoms with Gasteiger partial charge in [0.25, 0.3) is 0 Å². The van der Waals surface area contributed by atoms with E-state index in [9.17, 15) is 0 Å². The summed E-state index contributed by atoms with van der Waals surface area (Å²) in [6.07, 6.45) is 4.13. The maximum Gasteiger partial charge on any atom is 0.100 e. The first-order valence-electron chi connectivity index (χ1n) is 8.37. The van der Waals surface area contributed by atoms with Crippen LogP contribution in [-0.2, 0) is 6.54 Å². The monoisotopic (exact) mass is 318 g/mol. The molecule has 3 heterocycles. The van der Waals surface area contributed by atoms with Crippen LogP contribution in [0.15, 0.2) is 11.4 Å². The summed E-state index contributed by atoms with van der Waals surface area (Å²) in [6.45, 7) is 8.17. The van der Waals surface area contributed by atoms with Crippen molar-refractivity contribution in [1.29, 1.82) is 5.26 Å². The highest BCUT2D eigenvalue weighted by atomic mass is 32.1. The Bertz CT molecular complexity index is 513. The first-order valence-corrected chi connectivity index (χ1v) is 9.25. The number of piperazine rings is 1. The Morgan fingerprint density at radius 3 is 2.64 bits per heavy atom. The SMILES string of the molecule is CN1CCCC[C@@H]1CN1CCN(Cc2cc(C#N)cs2)CC1. The van der Waals surface area contributed by atoms with Crippen molar-refractivity contribution in [3.05, 3.63) is 21.9 Å². The number of nitrogens with zero attached hydrogens (tertiary/aromatic N) is 4. The van der Waals surface area contributed by atoms with Crippen molar-refractivity contribution in [2.75, 3.05) is 46.3 Å². The van der Waals surface area contributed by atoms with E-state index in [1.54, 1.807) is 11.3 Å². The van der Waals surface area contributed by atoms with Crippen LogP contribution in [0.3, 0.4) is 0 Å². The van der Waals surface area contributed by atoms with E-state index in [0.717, 1.165) is 31.2 Å². The molecule has 0 N–H and O–H groups in total. The molecule has 3 rings (SSSR count). The van der Waals surface area contributed by atoms with Crippen molar-refractivity contribution in [3.63, 3.8) is 0 Å². The van der Waals surface area contributed by atoms with Gasteiger partial charge in [-0.3, -0.25) is 9.80 Å². The van der Waals surface area contributed by atoms with Gasteiger partial charge >= 0.3 is 0 Å². The normalized spacial score (nSPS) is 25.2. The molecule has 0 amide bonds. The van der Waals surface area contributed by atoms with Gasteiger partial charge in [0.05, 0.1) is 5.56 Å². The van der Waals surface area contributed by atoms with Crippen LogP contribution in [0.1, 0.15) is 29.7 Å². The second-order valence-electron chi connectivity index (χ2n) is 6.62. The highest BCUT2D eigenvalue weighted by Crippen LogP contribution is 2.19. The zero-order chi connectivity index (χ0) is 15.4. The first-order chi connectivity index (χ1) is 10.7. The highest BCUT2D eigenvalue weighted by molar-refractivity contribution is 7.10. The van der Waals surface area contributed by atoms with E-state index >= 15 is 0 Å². The summed E-state index contributed by atoms with van der Waals surface area (Å²) < 4.78 is 0. The second-order valence-corrected chi connectivity index (χ2v) is 7.62. The average Bonchev–Trinajstić information content (AvgIpc) is 2.99. The molecule has 2 aliphatic rings. The van der Waals surface area contributed by atoms with E-state index in [0.29, 0.717) is 0 Å². The lowest BCUT2D eigenvalue weighted by Crippen LogP contribution is -2.51. The first kappa shape index (κ1) is 15.9. The van der Waals surface area contributed by atoms with Crippen LogP contribution >= 0.6 is 11.3 Å². The van der Waals surface area contributed by atoms with Gasteiger partial charge in [-0.05, 0) is 32.5 Å². The molecule has 0 saturated carbocycles. The molecule has 0 aliphatic carbocycles. The van der Waals surface area contributed by atoms with E-state index < -0.39 is 0 Å². The number of hydrogen-bond donors (Lipinski definition) is 0. The van der Waals surface area contributed by atoms with E-state index in [4.69, 9.17) is 5.26 Å². The third-order valence-electron chi connectivity index (χ3n) is 5.02. The summed E-state index contributed by atoms with van der Waals surface area (Å²) in [6, 6.07) is 5.02. The van der Waals surface area contributed by atoms with Gasteiger partial charge in [0, 0.05) is 55.6 Å². The standard InChI is InChI=1S/C17H26N4S/c1-19-5-3-2-4-16(19)12-20-6-8-21(9-7-20)13-17-10-15(11-18)14-22-17/h10,14,16H,2-9,12-13H2,1H3/t16-/m1/s1.